The molecular formula is C17H20N4O. The molecule has 0 aliphatic carbocycles. The predicted molar refractivity (Wildman–Crippen MR) is 88.3 cm³/mol. The number of pyridine rings is 1. The Morgan fingerprint density at radius 1 is 1.09 bits per heavy atom. The van der Waals surface area contributed by atoms with Gasteiger partial charge in [0.25, 0.3) is 5.91 Å². The molecule has 0 radical (unpaired) electrons. The number of anilines is 2. The lowest BCUT2D eigenvalue weighted by atomic mass is 10.2. The Kier molecular flexibility index (Phi) is 4.34. The molecule has 1 amide bonds. The van der Waals surface area contributed by atoms with Gasteiger partial charge in [0.2, 0.25) is 0 Å². The number of para-hydroxylation sites is 2. The van der Waals surface area contributed by atoms with E-state index in [-0.39, 0.29) is 5.91 Å². The van der Waals surface area contributed by atoms with Crippen LogP contribution in [0.15, 0.2) is 48.8 Å². The Morgan fingerprint density at radius 3 is 2.59 bits per heavy atom. The van der Waals surface area contributed by atoms with Crippen LogP contribution in [-0.2, 0) is 0 Å². The Labute approximate surface area is 130 Å². The molecule has 0 unspecified atom stereocenters. The highest BCUT2D eigenvalue weighted by Gasteiger charge is 2.17. The maximum absolute atomic E-state index is 12.3. The average molecular weight is 296 g/mol. The fourth-order valence-corrected chi connectivity index (χ4v) is 2.59. The number of benzene rings is 1. The summed E-state index contributed by atoms with van der Waals surface area (Å²) in [4.78, 5) is 20.9. The molecule has 1 aromatic heterocycles. The molecule has 1 aliphatic rings. The molecule has 2 heterocycles. The van der Waals surface area contributed by atoms with Gasteiger partial charge in [-0.2, -0.15) is 0 Å². The molecule has 0 saturated carbocycles. The standard InChI is InChI=1S/C17H20N4O/c1-20-9-11-21(12-10-20)16-7-3-2-6-15(16)19-17(22)14-5-4-8-18-13-14/h2-8,13H,9-12H2,1H3,(H,19,22). The van der Waals surface area contributed by atoms with Gasteiger partial charge in [0.05, 0.1) is 16.9 Å². The van der Waals surface area contributed by atoms with Gasteiger partial charge in [0.15, 0.2) is 0 Å². The molecule has 0 bridgehead atoms. The minimum absolute atomic E-state index is 0.130. The van der Waals surface area contributed by atoms with Crippen molar-refractivity contribution in [3.63, 3.8) is 0 Å². The van der Waals surface area contributed by atoms with Crippen LogP contribution in [0.4, 0.5) is 11.4 Å². The number of rotatable bonds is 3. The molecule has 1 saturated heterocycles. The van der Waals surface area contributed by atoms with Crippen LogP contribution in [0.3, 0.4) is 0 Å². The van der Waals surface area contributed by atoms with Crippen molar-refractivity contribution in [1.82, 2.24) is 9.88 Å². The number of hydrogen-bond donors (Lipinski definition) is 1. The van der Waals surface area contributed by atoms with Crippen molar-refractivity contribution >= 4 is 17.3 Å². The minimum Gasteiger partial charge on any atom is -0.367 e. The summed E-state index contributed by atoms with van der Waals surface area (Å²) in [6, 6.07) is 11.5. The molecule has 1 aliphatic heterocycles. The van der Waals surface area contributed by atoms with Crippen LogP contribution < -0.4 is 10.2 Å². The van der Waals surface area contributed by atoms with E-state index in [0.29, 0.717) is 5.56 Å². The van der Waals surface area contributed by atoms with Crippen LogP contribution in [0, 0.1) is 0 Å². The van der Waals surface area contributed by atoms with E-state index in [9.17, 15) is 4.79 Å². The van der Waals surface area contributed by atoms with Crippen LogP contribution in [-0.4, -0.2) is 49.0 Å². The molecule has 1 aromatic carbocycles. The molecule has 3 rings (SSSR count). The molecule has 5 nitrogen and oxygen atoms in total. The summed E-state index contributed by atoms with van der Waals surface area (Å²) < 4.78 is 0. The number of likely N-dealkylation sites (N-methyl/N-ethyl adjacent to an activating group) is 1. The molecular weight excluding hydrogens is 276 g/mol. The third-order valence-electron chi connectivity index (χ3n) is 3.92. The lowest BCUT2D eigenvalue weighted by Gasteiger charge is -2.35. The van der Waals surface area contributed by atoms with Crippen LogP contribution in [0.1, 0.15) is 10.4 Å². The summed E-state index contributed by atoms with van der Waals surface area (Å²) in [5, 5.41) is 3.00. The maximum atomic E-state index is 12.3. The Morgan fingerprint density at radius 2 is 1.86 bits per heavy atom. The number of nitrogens with one attached hydrogen (secondary N) is 1. The third kappa shape index (κ3) is 3.26. The zero-order valence-corrected chi connectivity index (χ0v) is 12.7. The second-order valence-electron chi connectivity index (χ2n) is 5.50. The normalized spacial score (nSPS) is 15.6. The summed E-state index contributed by atoms with van der Waals surface area (Å²) >= 11 is 0. The SMILES string of the molecule is CN1CCN(c2ccccc2NC(=O)c2cccnc2)CC1. The van der Waals surface area contributed by atoms with Crippen molar-refractivity contribution in [3.8, 4) is 0 Å². The van der Waals surface area contributed by atoms with E-state index in [0.717, 1.165) is 37.6 Å². The van der Waals surface area contributed by atoms with Crippen molar-refractivity contribution in [1.29, 1.82) is 0 Å². The summed E-state index contributed by atoms with van der Waals surface area (Å²) in [6.07, 6.45) is 3.24. The average Bonchev–Trinajstić information content (AvgIpc) is 2.57. The maximum Gasteiger partial charge on any atom is 0.257 e. The van der Waals surface area contributed by atoms with Gasteiger partial charge in [-0.3, -0.25) is 9.78 Å². The topological polar surface area (TPSA) is 48.5 Å². The Hall–Kier alpha value is -2.40. The van der Waals surface area contributed by atoms with Crippen LogP contribution in [0.2, 0.25) is 0 Å². The van der Waals surface area contributed by atoms with E-state index in [2.05, 4.69) is 33.2 Å². The van der Waals surface area contributed by atoms with Gasteiger partial charge in [-0.1, -0.05) is 12.1 Å². The highest BCUT2D eigenvalue weighted by molar-refractivity contribution is 6.05. The van der Waals surface area contributed by atoms with Crippen molar-refractivity contribution in [3.05, 3.63) is 54.4 Å². The van der Waals surface area contributed by atoms with Gasteiger partial charge < -0.3 is 15.1 Å². The highest BCUT2D eigenvalue weighted by Crippen LogP contribution is 2.26. The minimum atomic E-state index is -0.130. The lowest BCUT2D eigenvalue weighted by Crippen LogP contribution is -2.44. The van der Waals surface area contributed by atoms with Crippen molar-refractivity contribution < 1.29 is 4.79 Å². The van der Waals surface area contributed by atoms with Gasteiger partial charge >= 0.3 is 0 Å². The van der Waals surface area contributed by atoms with Gasteiger partial charge in [-0.15, -0.1) is 0 Å². The Balaban J connectivity index is 1.78. The molecule has 114 valence electrons. The summed E-state index contributed by atoms with van der Waals surface area (Å²) in [7, 11) is 2.13. The van der Waals surface area contributed by atoms with Crippen molar-refractivity contribution in [2.24, 2.45) is 0 Å². The number of aromatic nitrogens is 1. The van der Waals surface area contributed by atoms with E-state index in [4.69, 9.17) is 0 Å². The van der Waals surface area contributed by atoms with Gasteiger partial charge in [-0.05, 0) is 31.3 Å². The molecule has 0 atom stereocenters. The molecule has 5 heteroatoms. The van der Waals surface area contributed by atoms with Crippen LogP contribution in [0.25, 0.3) is 0 Å². The predicted octanol–water partition coefficient (Wildman–Crippen LogP) is 2.09. The number of carbonyl (C=O) groups is 1. The first kappa shape index (κ1) is 14.5. The fourth-order valence-electron chi connectivity index (χ4n) is 2.59. The van der Waals surface area contributed by atoms with Crippen molar-refractivity contribution in [2.45, 2.75) is 0 Å². The van der Waals surface area contributed by atoms with E-state index in [1.54, 1.807) is 24.5 Å². The number of carbonyl (C=O) groups excluding carboxylic acids is 1. The first-order valence-electron chi connectivity index (χ1n) is 7.48. The van der Waals surface area contributed by atoms with E-state index in [1.807, 2.05) is 18.2 Å². The van der Waals surface area contributed by atoms with Crippen LogP contribution in [0.5, 0.6) is 0 Å². The summed E-state index contributed by atoms with van der Waals surface area (Å²) in [5.74, 6) is -0.130. The van der Waals surface area contributed by atoms with Gasteiger partial charge in [0, 0.05) is 38.6 Å². The highest BCUT2D eigenvalue weighted by atomic mass is 16.1. The van der Waals surface area contributed by atoms with Crippen molar-refractivity contribution in [2.75, 3.05) is 43.4 Å². The molecule has 22 heavy (non-hydrogen) atoms. The molecule has 1 N–H and O–H groups in total. The van der Waals surface area contributed by atoms with E-state index >= 15 is 0 Å². The zero-order valence-electron chi connectivity index (χ0n) is 12.7. The molecule has 2 aromatic rings. The number of amides is 1. The molecule has 0 spiro atoms. The Bertz CT molecular complexity index is 636. The van der Waals surface area contributed by atoms with E-state index < -0.39 is 0 Å². The fraction of sp³-hybridized carbons (Fsp3) is 0.294. The second kappa shape index (κ2) is 6.58. The molecule has 1 fully saturated rings. The number of hydrogen-bond acceptors (Lipinski definition) is 4. The lowest BCUT2D eigenvalue weighted by molar-refractivity contribution is 0.102. The quantitative estimate of drug-likeness (QED) is 0.942. The largest absolute Gasteiger partial charge is 0.367 e. The number of nitrogens with zero attached hydrogens (tertiary/aromatic N) is 3. The van der Waals surface area contributed by atoms with E-state index in [1.165, 1.54) is 0 Å². The zero-order chi connectivity index (χ0) is 15.4. The smallest absolute Gasteiger partial charge is 0.257 e. The first-order chi connectivity index (χ1) is 10.7. The monoisotopic (exact) mass is 296 g/mol. The third-order valence-corrected chi connectivity index (χ3v) is 3.92. The summed E-state index contributed by atoms with van der Waals surface area (Å²) in [5.41, 5.74) is 2.49. The second-order valence-corrected chi connectivity index (χ2v) is 5.50. The number of piperazine rings is 1. The van der Waals surface area contributed by atoms with Crippen LogP contribution >= 0.6 is 0 Å². The summed E-state index contributed by atoms with van der Waals surface area (Å²) in [6.45, 7) is 4.00. The van der Waals surface area contributed by atoms with Gasteiger partial charge in [0.1, 0.15) is 0 Å². The first-order valence-corrected chi connectivity index (χ1v) is 7.48. The van der Waals surface area contributed by atoms with Gasteiger partial charge in [-0.25, -0.2) is 0 Å².